The normalized spacial score (nSPS) is 14.8. The molecule has 0 unspecified atom stereocenters. The minimum atomic E-state index is -0.577. The third kappa shape index (κ3) is 4.88. The first-order valence-corrected chi connectivity index (χ1v) is 9.15. The minimum absolute atomic E-state index is 0.0358. The number of benzene rings is 2. The maximum Gasteiger partial charge on any atom is 0.289 e. The Bertz CT molecular complexity index is 854. The molecule has 1 amide bonds. The Labute approximate surface area is 166 Å². The summed E-state index contributed by atoms with van der Waals surface area (Å²) in [5.41, 5.74) is 1.12. The van der Waals surface area contributed by atoms with Crippen LogP contribution in [0.25, 0.3) is 0 Å². The number of piperazine rings is 1. The monoisotopic (exact) mass is 408 g/mol. The second-order valence-corrected chi connectivity index (χ2v) is 7.00. The molecule has 1 fully saturated rings. The van der Waals surface area contributed by atoms with Crippen molar-refractivity contribution >= 4 is 46.2 Å². The number of nitrogens with zero attached hydrogens (tertiary/aromatic N) is 3. The zero-order chi connectivity index (χ0) is 19.4. The summed E-state index contributed by atoms with van der Waals surface area (Å²) in [6, 6.07) is 11.9. The summed E-state index contributed by atoms with van der Waals surface area (Å²) in [5, 5.41) is 14.4. The fourth-order valence-corrected chi connectivity index (χ4v) is 3.43. The third-order valence-electron chi connectivity index (χ3n) is 4.36. The van der Waals surface area contributed by atoms with Crippen LogP contribution in [0, 0.1) is 10.1 Å². The molecule has 1 N–H and O–H groups in total. The van der Waals surface area contributed by atoms with Crippen molar-refractivity contribution in [1.29, 1.82) is 0 Å². The Morgan fingerprint density at radius 2 is 1.78 bits per heavy atom. The average Bonchev–Trinajstić information content (AvgIpc) is 2.64. The lowest BCUT2D eigenvalue weighted by molar-refractivity contribution is -0.384. The number of hydrogen-bond acceptors (Lipinski definition) is 5. The quantitative estimate of drug-likeness (QED) is 0.602. The van der Waals surface area contributed by atoms with Gasteiger partial charge < -0.3 is 10.2 Å². The number of para-hydroxylation sites is 1. The van der Waals surface area contributed by atoms with Gasteiger partial charge in [0.25, 0.3) is 5.69 Å². The third-order valence-corrected chi connectivity index (χ3v) is 5.00. The van der Waals surface area contributed by atoms with E-state index in [4.69, 9.17) is 23.2 Å². The predicted molar refractivity (Wildman–Crippen MR) is 107 cm³/mol. The van der Waals surface area contributed by atoms with Gasteiger partial charge in [0.1, 0.15) is 5.02 Å². The van der Waals surface area contributed by atoms with Crippen LogP contribution in [0.5, 0.6) is 0 Å². The number of amides is 1. The smallest absolute Gasteiger partial charge is 0.289 e. The first kappa shape index (κ1) is 19.4. The number of carbonyl (C=O) groups excluding carboxylic acids is 1. The van der Waals surface area contributed by atoms with E-state index in [2.05, 4.69) is 10.2 Å². The molecule has 27 heavy (non-hydrogen) atoms. The van der Waals surface area contributed by atoms with Crippen molar-refractivity contribution in [2.75, 3.05) is 42.9 Å². The minimum Gasteiger partial charge on any atom is -0.368 e. The van der Waals surface area contributed by atoms with Crippen molar-refractivity contribution in [1.82, 2.24) is 4.90 Å². The lowest BCUT2D eigenvalue weighted by atomic mass is 10.2. The lowest BCUT2D eigenvalue weighted by Crippen LogP contribution is -2.48. The van der Waals surface area contributed by atoms with Crippen molar-refractivity contribution in [3.63, 3.8) is 0 Å². The number of rotatable bonds is 5. The number of nitrogens with one attached hydrogen (secondary N) is 1. The molecule has 7 nitrogen and oxygen atoms in total. The zero-order valence-electron chi connectivity index (χ0n) is 14.4. The Kier molecular flexibility index (Phi) is 6.15. The van der Waals surface area contributed by atoms with Gasteiger partial charge in [-0.3, -0.25) is 19.8 Å². The fourth-order valence-electron chi connectivity index (χ4n) is 2.99. The van der Waals surface area contributed by atoms with E-state index in [1.807, 2.05) is 29.2 Å². The van der Waals surface area contributed by atoms with Gasteiger partial charge in [-0.2, -0.15) is 0 Å². The van der Waals surface area contributed by atoms with Crippen LogP contribution in [-0.4, -0.2) is 48.5 Å². The fraction of sp³-hybridized carbons (Fsp3) is 0.278. The molecule has 0 atom stereocenters. The summed E-state index contributed by atoms with van der Waals surface area (Å²) in [4.78, 5) is 26.8. The van der Waals surface area contributed by atoms with Crippen molar-refractivity contribution in [2.45, 2.75) is 0 Å². The maximum atomic E-state index is 12.3. The van der Waals surface area contributed by atoms with Crippen LogP contribution >= 0.6 is 23.2 Å². The highest BCUT2D eigenvalue weighted by atomic mass is 35.5. The molecule has 1 aliphatic heterocycles. The summed E-state index contributed by atoms with van der Waals surface area (Å²) >= 11 is 12.0. The summed E-state index contributed by atoms with van der Waals surface area (Å²) in [5.74, 6) is -0.224. The Balaban J connectivity index is 1.53. The highest BCUT2D eigenvalue weighted by Crippen LogP contribution is 2.28. The van der Waals surface area contributed by atoms with Crippen LogP contribution in [0.2, 0.25) is 10.0 Å². The molecule has 3 rings (SSSR count). The van der Waals surface area contributed by atoms with Crippen LogP contribution < -0.4 is 10.2 Å². The van der Waals surface area contributed by atoms with Crippen molar-refractivity contribution in [2.24, 2.45) is 0 Å². The number of nitro groups is 1. The van der Waals surface area contributed by atoms with E-state index in [0.717, 1.165) is 31.9 Å². The van der Waals surface area contributed by atoms with Crippen LogP contribution in [0.4, 0.5) is 17.1 Å². The van der Waals surface area contributed by atoms with Crippen molar-refractivity contribution < 1.29 is 9.72 Å². The number of halogens is 2. The summed E-state index contributed by atoms with van der Waals surface area (Å²) in [7, 11) is 0. The summed E-state index contributed by atoms with van der Waals surface area (Å²) in [6.45, 7) is 3.19. The highest BCUT2D eigenvalue weighted by Gasteiger charge is 2.21. The molecule has 0 aromatic heterocycles. The molecule has 0 saturated carbocycles. The average molecular weight is 409 g/mol. The van der Waals surface area contributed by atoms with Crippen LogP contribution in [0.3, 0.4) is 0 Å². The van der Waals surface area contributed by atoms with E-state index < -0.39 is 4.92 Å². The van der Waals surface area contributed by atoms with Crippen molar-refractivity contribution in [3.8, 4) is 0 Å². The topological polar surface area (TPSA) is 78.7 Å². The molecule has 2 aromatic carbocycles. The van der Waals surface area contributed by atoms with E-state index in [0.29, 0.717) is 10.7 Å². The molecular weight excluding hydrogens is 391 g/mol. The number of anilines is 2. The molecule has 1 aliphatic rings. The van der Waals surface area contributed by atoms with Crippen LogP contribution in [0.1, 0.15) is 0 Å². The molecule has 0 spiro atoms. The molecule has 1 heterocycles. The maximum absolute atomic E-state index is 12.3. The van der Waals surface area contributed by atoms with E-state index >= 15 is 0 Å². The van der Waals surface area contributed by atoms with Gasteiger partial charge >= 0.3 is 0 Å². The van der Waals surface area contributed by atoms with Gasteiger partial charge in [0.2, 0.25) is 5.91 Å². The van der Waals surface area contributed by atoms with Crippen LogP contribution in [0.15, 0.2) is 42.5 Å². The second kappa shape index (κ2) is 8.56. The largest absolute Gasteiger partial charge is 0.368 e. The van der Waals surface area contributed by atoms with Gasteiger partial charge in [-0.25, -0.2) is 0 Å². The SMILES string of the molecule is O=C(CN1CCN(c2ccccc2Cl)CC1)Nc1ccc(Cl)c([N+](=O)[O-])c1. The Morgan fingerprint density at radius 3 is 2.44 bits per heavy atom. The standard InChI is InChI=1S/C18H18Cl2N4O3/c19-14-3-1-2-4-16(14)23-9-7-22(8-10-23)12-18(25)21-13-5-6-15(20)17(11-13)24(26)27/h1-6,11H,7-10,12H2,(H,21,25). The summed E-state index contributed by atoms with van der Waals surface area (Å²) < 4.78 is 0. The second-order valence-electron chi connectivity index (χ2n) is 6.19. The van der Waals surface area contributed by atoms with Gasteiger partial charge in [0, 0.05) is 37.9 Å². The van der Waals surface area contributed by atoms with Gasteiger partial charge in [0.15, 0.2) is 0 Å². The van der Waals surface area contributed by atoms with Gasteiger partial charge in [-0.05, 0) is 24.3 Å². The molecule has 0 aliphatic carbocycles. The Morgan fingerprint density at radius 1 is 1.07 bits per heavy atom. The Hall–Kier alpha value is -2.35. The molecular formula is C18H18Cl2N4O3. The molecule has 142 valence electrons. The molecule has 9 heteroatoms. The number of hydrogen-bond donors (Lipinski definition) is 1. The molecule has 0 radical (unpaired) electrons. The van der Waals surface area contributed by atoms with Crippen LogP contribution in [-0.2, 0) is 4.79 Å². The molecule has 2 aromatic rings. The zero-order valence-corrected chi connectivity index (χ0v) is 15.9. The summed E-state index contributed by atoms with van der Waals surface area (Å²) in [6.07, 6.45) is 0. The number of carbonyl (C=O) groups is 1. The molecule has 1 saturated heterocycles. The van der Waals surface area contributed by atoms with Gasteiger partial charge in [-0.1, -0.05) is 35.3 Å². The van der Waals surface area contributed by atoms with Gasteiger partial charge in [0.05, 0.1) is 22.2 Å². The lowest BCUT2D eigenvalue weighted by Gasteiger charge is -2.36. The van der Waals surface area contributed by atoms with E-state index in [-0.39, 0.29) is 23.2 Å². The predicted octanol–water partition coefficient (Wildman–Crippen LogP) is 3.66. The number of nitro benzene ring substituents is 1. The van der Waals surface area contributed by atoms with E-state index in [1.54, 1.807) is 6.07 Å². The first-order chi connectivity index (χ1) is 12.9. The van der Waals surface area contributed by atoms with Gasteiger partial charge in [-0.15, -0.1) is 0 Å². The molecule has 0 bridgehead atoms. The van der Waals surface area contributed by atoms with E-state index in [1.165, 1.54) is 12.1 Å². The first-order valence-electron chi connectivity index (χ1n) is 8.39. The van der Waals surface area contributed by atoms with Crippen molar-refractivity contribution in [3.05, 3.63) is 62.6 Å². The van der Waals surface area contributed by atoms with E-state index in [9.17, 15) is 14.9 Å². The highest BCUT2D eigenvalue weighted by molar-refractivity contribution is 6.33.